The molecule has 2 fully saturated rings. The van der Waals surface area contributed by atoms with Crippen LogP contribution in [0.3, 0.4) is 0 Å². The summed E-state index contributed by atoms with van der Waals surface area (Å²) < 4.78 is 23.7. The van der Waals surface area contributed by atoms with Gasteiger partial charge in [-0.2, -0.15) is 0 Å². The highest BCUT2D eigenvalue weighted by molar-refractivity contribution is 6.11. The average molecular weight is 392 g/mol. The molecule has 0 aliphatic carbocycles. The highest BCUT2D eigenvalue weighted by atomic mass is 16.5. The average Bonchev–Trinajstić information content (AvgIpc) is 2.67. The van der Waals surface area contributed by atoms with E-state index in [1.165, 1.54) is 5.56 Å². The normalized spacial score (nSPS) is 19.6. The first-order chi connectivity index (χ1) is 14.0. The molecule has 152 valence electrons. The quantitative estimate of drug-likeness (QED) is 0.545. The van der Waals surface area contributed by atoms with E-state index in [1.54, 1.807) is 0 Å². The van der Waals surface area contributed by atoms with Crippen molar-refractivity contribution in [3.8, 4) is 11.5 Å². The molecular formula is C25H28O4. The van der Waals surface area contributed by atoms with Crippen LogP contribution in [0.5, 0.6) is 11.5 Å². The largest absolute Gasteiger partial charge is 0.492 e. The van der Waals surface area contributed by atoms with Crippen molar-refractivity contribution in [2.24, 2.45) is 10.8 Å². The standard InChI is InChI=1S/C25H28O4/c1-17-8-9-20-21(10-17)23(29-16-25(3)13-27-14-25)19-7-5-4-6-18(19)22(20)28-15-24(2)11-26-12-24/h4-10H,11-16H2,1-3H3. The van der Waals surface area contributed by atoms with Gasteiger partial charge in [-0.3, -0.25) is 0 Å². The van der Waals surface area contributed by atoms with E-state index in [0.717, 1.165) is 59.5 Å². The van der Waals surface area contributed by atoms with E-state index in [-0.39, 0.29) is 10.8 Å². The molecule has 5 rings (SSSR count). The Bertz CT molecular complexity index is 1060. The minimum absolute atomic E-state index is 0.0885. The van der Waals surface area contributed by atoms with E-state index in [1.807, 2.05) is 0 Å². The second kappa shape index (κ2) is 6.89. The van der Waals surface area contributed by atoms with Gasteiger partial charge in [-0.15, -0.1) is 0 Å². The predicted octanol–water partition coefficient (Wildman–Crippen LogP) is 5.13. The fourth-order valence-electron chi connectivity index (χ4n) is 4.08. The van der Waals surface area contributed by atoms with Gasteiger partial charge in [-0.25, -0.2) is 0 Å². The Kier molecular flexibility index (Phi) is 4.45. The van der Waals surface area contributed by atoms with Gasteiger partial charge in [-0.05, 0) is 13.0 Å². The number of hydrogen-bond donors (Lipinski definition) is 0. The van der Waals surface area contributed by atoms with Gasteiger partial charge in [0.1, 0.15) is 11.5 Å². The van der Waals surface area contributed by atoms with E-state index in [9.17, 15) is 0 Å². The summed E-state index contributed by atoms with van der Waals surface area (Å²) in [4.78, 5) is 0. The molecule has 0 N–H and O–H groups in total. The Balaban J connectivity index is 1.63. The molecule has 3 aromatic carbocycles. The number of aryl methyl sites for hydroxylation is 1. The summed E-state index contributed by atoms with van der Waals surface area (Å²) in [5, 5.41) is 4.40. The van der Waals surface area contributed by atoms with Crippen molar-refractivity contribution in [1.29, 1.82) is 0 Å². The van der Waals surface area contributed by atoms with Crippen LogP contribution >= 0.6 is 0 Å². The number of ether oxygens (including phenoxy) is 4. The van der Waals surface area contributed by atoms with Crippen molar-refractivity contribution in [3.63, 3.8) is 0 Å². The molecule has 0 radical (unpaired) electrons. The van der Waals surface area contributed by atoms with Gasteiger partial charge in [0, 0.05) is 32.4 Å². The monoisotopic (exact) mass is 392 g/mol. The Morgan fingerprint density at radius 3 is 1.69 bits per heavy atom. The zero-order valence-electron chi connectivity index (χ0n) is 17.4. The van der Waals surface area contributed by atoms with Crippen LogP contribution in [0.25, 0.3) is 21.5 Å². The fourth-order valence-corrected chi connectivity index (χ4v) is 4.08. The zero-order chi connectivity index (χ0) is 20.1. The summed E-state index contributed by atoms with van der Waals surface area (Å²) in [5.74, 6) is 1.88. The summed E-state index contributed by atoms with van der Waals surface area (Å²) in [7, 11) is 0. The first-order valence-electron chi connectivity index (χ1n) is 10.3. The Labute approximate surface area is 171 Å². The Morgan fingerprint density at radius 2 is 1.21 bits per heavy atom. The summed E-state index contributed by atoms with van der Waals surface area (Å²) in [6, 6.07) is 14.9. The van der Waals surface area contributed by atoms with Crippen LogP contribution in [0.4, 0.5) is 0 Å². The number of hydrogen-bond acceptors (Lipinski definition) is 4. The molecule has 0 amide bonds. The molecule has 4 nitrogen and oxygen atoms in total. The minimum Gasteiger partial charge on any atom is -0.492 e. The lowest BCUT2D eigenvalue weighted by atomic mass is 9.89. The number of fused-ring (bicyclic) bond motifs is 2. The molecule has 2 aliphatic rings. The molecule has 0 unspecified atom stereocenters. The number of rotatable bonds is 6. The topological polar surface area (TPSA) is 36.9 Å². The molecule has 0 saturated carbocycles. The van der Waals surface area contributed by atoms with Crippen molar-refractivity contribution in [1.82, 2.24) is 0 Å². The van der Waals surface area contributed by atoms with Gasteiger partial charge in [0.2, 0.25) is 0 Å². The van der Waals surface area contributed by atoms with Crippen LogP contribution < -0.4 is 9.47 Å². The first kappa shape index (κ1) is 18.7. The molecule has 2 heterocycles. The van der Waals surface area contributed by atoms with Gasteiger partial charge >= 0.3 is 0 Å². The minimum atomic E-state index is 0.0885. The van der Waals surface area contributed by atoms with E-state index in [4.69, 9.17) is 18.9 Å². The van der Waals surface area contributed by atoms with Gasteiger partial charge in [0.15, 0.2) is 0 Å². The van der Waals surface area contributed by atoms with Crippen molar-refractivity contribution in [2.45, 2.75) is 20.8 Å². The molecule has 4 heteroatoms. The van der Waals surface area contributed by atoms with Crippen LogP contribution in [-0.4, -0.2) is 39.6 Å². The van der Waals surface area contributed by atoms with Gasteiger partial charge in [0.05, 0.1) is 39.6 Å². The molecule has 0 atom stereocenters. The maximum absolute atomic E-state index is 6.47. The molecule has 0 bridgehead atoms. The maximum atomic E-state index is 6.47. The summed E-state index contributed by atoms with van der Waals surface area (Å²) in [6.45, 7) is 10.9. The van der Waals surface area contributed by atoms with Crippen LogP contribution in [0.1, 0.15) is 19.4 Å². The highest BCUT2D eigenvalue weighted by Crippen LogP contribution is 2.44. The third kappa shape index (κ3) is 3.34. The van der Waals surface area contributed by atoms with Crippen molar-refractivity contribution in [2.75, 3.05) is 39.6 Å². The third-order valence-corrected chi connectivity index (χ3v) is 6.01. The molecule has 2 aliphatic heterocycles. The van der Waals surface area contributed by atoms with Crippen LogP contribution in [0.2, 0.25) is 0 Å². The zero-order valence-corrected chi connectivity index (χ0v) is 17.4. The Hall–Kier alpha value is -2.30. The smallest absolute Gasteiger partial charge is 0.135 e. The molecule has 0 spiro atoms. The van der Waals surface area contributed by atoms with Crippen LogP contribution in [-0.2, 0) is 9.47 Å². The fraction of sp³-hybridized carbons (Fsp3) is 0.440. The second-order valence-electron chi connectivity index (χ2n) is 9.44. The third-order valence-electron chi connectivity index (χ3n) is 6.01. The molecule has 2 saturated heterocycles. The molecule has 3 aromatic rings. The summed E-state index contributed by atoms with van der Waals surface area (Å²) in [6.07, 6.45) is 0. The molecular weight excluding hydrogens is 364 g/mol. The van der Waals surface area contributed by atoms with Crippen molar-refractivity contribution in [3.05, 3.63) is 48.0 Å². The van der Waals surface area contributed by atoms with Crippen LogP contribution in [0, 0.1) is 17.8 Å². The summed E-state index contributed by atoms with van der Waals surface area (Å²) >= 11 is 0. The summed E-state index contributed by atoms with van der Waals surface area (Å²) in [5.41, 5.74) is 1.39. The van der Waals surface area contributed by atoms with E-state index in [2.05, 4.69) is 63.2 Å². The SMILES string of the molecule is Cc1ccc2c(OCC3(C)COC3)c3ccccc3c(OCC3(C)COC3)c2c1. The van der Waals surface area contributed by atoms with Crippen molar-refractivity contribution >= 4 is 21.5 Å². The lowest BCUT2D eigenvalue weighted by Gasteiger charge is -2.38. The lowest BCUT2D eigenvalue weighted by Crippen LogP contribution is -2.44. The van der Waals surface area contributed by atoms with Gasteiger partial charge in [-0.1, -0.05) is 55.8 Å². The maximum Gasteiger partial charge on any atom is 0.135 e. The lowest BCUT2D eigenvalue weighted by molar-refractivity contribution is -0.120. The molecule has 29 heavy (non-hydrogen) atoms. The second-order valence-corrected chi connectivity index (χ2v) is 9.44. The van der Waals surface area contributed by atoms with E-state index in [0.29, 0.717) is 13.2 Å². The van der Waals surface area contributed by atoms with Crippen LogP contribution in [0.15, 0.2) is 42.5 Å². The van der Waals surface area contributed by atoms with E-state index >= 15 is 0 Å². The van der Waals surface area contributed by atoms with E-state index < -0.39 is 0 Å². The molecule has 0 aromatic heterocycles. The van der Waals surface area contributed by atoms with Crippen molar-refractivity contribution < 1.29 is 18.9 Å². The Morgan fingerprint density at radius 1 is 0.724 bits per heavy atom. The number of benzene rings is 3. The predicted molar refractivity (Wildman–Crippen MR) is 115 cm³/mol. The van der Waals surface area contributed by atoms with Gasteiger partial charge in [0.25, 0.3) is 0 Å². The first-order valence-corrected chi connectivity index (χ1v) is 10.3. The highest BCUT2D eigenvalue weighted by Gasteiger charge is 2.36. The van der Waals surface area contributed by atoms with Gasteiger partial charge < -0.3 is 18.9 Å².